The van der Waals surface area contributed by atoms with Gasteiger partial charge in [-0.1, -0.05) is 6.07 Å². The summed E-state index contributed by atoms with van der Waals surface area (Å²) in [5.74, 6) is -3.75. The predicted molar refractivity (Wildman–Crippen MR) is 93.6 cm³/mol. The Hall–Kier alpha value is -1.84. The van der Waals surface area contributed by atoms with E-state index >= 15 is 0 Å². The Morgan fingerprint density at radius 1 is 1.24 bits per heavy atom. The number of nitrogens with zero attached hydrogens (tertiary/aromatic N) is 1. The van der Waals surface area contributed by atoms with Crippen LogP contribution in [-0.4, -0.2) is 38.6 Å². The van der Waals surface area contributed by atoms with Crippen LogP contribution in [0.1, 0.15) is 17.8 Å². The predicted octanol–water partition coefficient (Wildman–Crippen LogP) is 3.38. The lowest BCUT2D eigenvalue weighted by Gasteiger charge is -2.23. The summed E-state index contributed by atoms with van der Waals surface area (Å²) < 4.78 is 47.7. The van der Waals surface area contributed by atoms with Gasteiger partial charge in [0, 0.05) is 16.6 Å². The van der Waals surface area contributed by atoms with Gasteiger partial charge in [-0.15, -0.1) is 11.3 Å². The fraction of sp³-hybridized carbons (Fsp3) is 0.312. The average Bonchev–Trinajstić information content (AvgIpc) is 3.08. The SMILES string of the molecule is CC(c1cccs1)N(C)CC(=O)Nc1ccc(S(=O)(=O)C(F)F)cc1. The number of likely N-dealkylation sites (N-methyl/N-ethyl adjacent to an activating group) is 1. The van der Waals surface area contributed by atoms with Crippen LogP contribution in [0.3, 0.4) is 0 Å². The summed E-state index contributed by atoms with van der Waals surface area (Å²) in [6.07, 6.45) is 0. The maximum Gasteiger partial charge on any atom is 0.341 e. The second-order valence-corrected chi connectivity index (χ2v) is 8.38. The minimum Gasteiger partial charge on any atom is -0.325 e. The Kier molecular flexibility index (Phi) is 6.26. The summed E-state index contributed by atoms with van der Waals surface area (Å²) in [6, 6.07) is 8.69. The zero-order valence-corrected chi connectivity index (χ0v) is 15.3. The van der Waals surface area contributed by atoms with E-state index in [1.54, 1.807) is 11.3 Å². The quantitative estimate of drug-likeness (QED) is 0.790. The lowest BCUT2D eigenvalue weighted by atomic mass is 10.2. The summed E-state index contributed by atoms with van der Waals surface area (Å²) in [7, 11) is -2.81. The minimum atomic E-state index is -4.63. The highest BCUT2D eigenvalue weighted by atomic mass is 32.2. The summed E-state index contributed by atoms with van der Waals surface area (Å²) in [6.45, 7) is 2.12. The molecule has 2 rings (SSSR count). The molecular weight excluding hydrogens is 370 g/mol. The first-order chi connectivity index (χ1) is 11.7. The molecule has 1 N–H and O–H groups in total. The van der Waals surface area contributed by atoms with Crippen molar-refractivity contribution >= 4 is 32.8 Å². The molecule has 0 saturated heterocycles. The standard InChI is InChI=1S/C16H18F2N2O3S2/c1-11(14-4-3-9-24-14)20(2)10-15(21)19-12-5-7-13(8-6-12)25(22,23)16(17)18/h3-9,11,16H,10H2,1-2H3,(H,19,21). The third kappa shape index (κ3) is 4.83. The van der Waals surface area contributed by atoms with Crippen LogP contribution >= 0.6 is 11.3 Å². The number of hydrogen-bond donors (Lipinski definition) is 1. The highest BCUT2D eigenvalue weighted by Gasteiger charge is 2.26. The fourth-order valence-corrected chi connectivity index (χ4v) is 3.71. The summed E-state index contributed by atoms with van der Waals surface area (Å²) >= 11 is 1.61. The van der Waals surface area contributed by atoms with Gasteiger partial charge in [0.2, 0.25) is 15.7 Å². The van der Waals surface area contributed by atoms with E-state index in [0.29, 0.717) is 5.69 Å². The van der Waals surface area contributed by atoms with Gasteiger partial charge in [0.25, 0.3) is 0 Å². The van der Waals surface area contributed by atoms with E-state index < -0.39 is 20.5 Å². The third-order valence-corrected chi connectivity index (χ3v) is 6.15. The molecule has 0 fully saturated rings. The molecule has 136 valence electrons. The molecule has 1 unspecified atom stereocenters. The molecule has 1 atom stereocenters. The Morgan fingerprint density at radius 2 is 1.88 bits per heavy atom. The second-order valence-electron chi connectivity index (χ2n) is 5.48. The van der Waals surface area contributed by atoms with Crippen LogP contribution in [0.15, 0.2) is 46.7 Å². The maximum atomic E-state index is 12.5. The van der Waals surface area contributed by atoms with Crippen molar-refractivity contribution in [3.8, 4) is 0 Å². The molecule has 0 saturated carbocycles. The smallest absolute Gasteiger partial charge is 0.325 e. The van der Waals surface area contributed by atoms with Crippen molar-refractivity contribution < 1.29 is 22.0 Å². The van der Waals surface area contributed by atoms with Crippen molar-refractivity contribution in [1.29, 1.82) is 0 Å². The minimum absolute atomic E-state index is 0.0734. The highest BCUT2D eigenvalue weighted by molar-refractivity contribution is 7.91. The molecule has 0 aliphatic heterocycles. The molecule has 0 bridgehead atoms. The topological polar surface area (TPSA) is 66.5 Å². The second kappa shape index (κ2) is 8.03. The van der Waals surface area contributed by atoms with Crippen LogP contribution < -0.4 is 5.32 Å². The molecule has 1 aromatic heterocycles. The Morgan fingerprint density at radius 3 is 2.40 bits per heavy atom. The maximum absolute atomic E-state index is 12.5. The van der Waals surface area contributed by atoms with Crippen LogP contribution in [0.25, 0.3) is 0 Å². The number of carbonyl (C=O) groups is 1. The van der Waals surface area contributed by atoms with Gasteiger partial charge in [-0.3, -0.25) is 9.69 Å². The molecule has 5 nitrogen and oxygen atoms in total. The van der Waals surface area contributed by atoms with Gasteiger partial charge in [-0.2, -0.15) is 8.78 Å². The normalized spacial score (nSPS) is 13.2. The van der Waals surface area contributed by atoms with E-state index in [9.17, 15) is 22.0 Å². The molecule has 1 aromatic carbocycles. The first-order valence-electron chi connectivity index (χ1n) is 7.37. The van der Waals surface area contributed by atoms with E-state index in [4.69, 9.17) is 0 Å². The van der Waals surface area contributed by atoms with Crippen molar-refractivity contribution in [2.45, 2.75) is 23.6 Å². The molecule has 0 radical (unpaired) electrons. The van der Waals surface area contributed by atoms with Crippen LogP contribution in [0.4, 0.5) is 14.5 Å². The van der Waals surface area contributed by atoms with Crippen molar-refractivity contribution in [2.75, 3.05) is 18.9 Å². The van der Waals surface area contributed by atoms with Gasteiger partial charge in [0.1, 0.15) is 0 Å². The monoisotopic (exact) mass is 388 g/mol. The molecule has 25 heavy (non-hydrogen) atoms. The van der Waals surface area contributed by atoms with E-state index in [1.807, 2.05) is 36.4 Å². The van der Waals surface area contributed by atoms with Gasteiger partial charge < -0.3 is 5.32 Å². The van der Waals surface area contributed by atoms with Crippen molar-refractivity contribution in [3.05, 3.63) is 46.7 Å². The Balaban J connectivity index is 1.97. The molecule has 2 aromatic rings. The number of thiophene rings is 1. The van der Waals surface area contributed by atoms with E-state index in [0.717, 1.165) is 17.0 Å². The zero-order chi connectivity index (χ0) is 18.6. The number of alkyl halides is 2. The van der Waals surface area contributed by atoms with Crippen LogP contribution in [0.5, 0.6) is 0 Å². The first-order valence-corrected chi connectivity index (χ1v) is 9.80. The van der Waals surface area contributed by atoms with Crippen LogP contribution in [0, 0.1) is 0 Å². The molecule has 9 heteroatoms. The number of benzene rings is 1. The number of amides is 1. The van der Waals surface area contributed by atoms with Gasteiger partial charge in [0.05, 0.1) is 11.4 Å². The molecular formula is C16H18F2N2O3S2. The van der Waals surface area contributed by atoms with Crippen molar-refractivity contribution in [1.82, 2.24) is 4.90 Å². The number of carbonyl (C=O) groups excluding carboxylic acids is 1. The summed E-state index contributed by atoms with van der Waals surface area (Å²) in [5, 5.41) is 4.59. The number of sulfone groups is 1. The molecule has 0 spiro atoms. The Bertz CT molecular complexity index is 806. The molecule has 1 amide bonds. The van der Waals surface area contributed by atoms with Crippen molar-refractivity contribution in [3.63, 3.8) is 0 Å². The summed E-state index contributed by atoms with van der Waals surface area (Å²) in [4.78, 5) is 14.6. The number of nitrogens with one attached hydrogen (secondary N) is 1. The number of anilines is 1. The number of rotatable bonds is 7. The van der Waals surface area contributed by atoms with Gasteiger partial charge in [-0.25, -0.2) is 8.42 Å². The van der Waals surface area contributed by atoms with Crippen LogP contribution in [-0.2, 0) is 14.6 Å². The Labute approximate surface area is 149 Å². The summed E-state index contributed by atoms with van der Waals surface area (Å²) in [5.41, 5.74) is 0.343. The van der Waals surface area contributed by atoms with Gasteiger partial charge >= 0.3 is 5.76 Å². The highest BCUT2D eigenvalue weighted by Crippen LogP contribution is 2.23. The molecule has 1 heterocycles. The van der Waals surface area contributed by atoms with E-state index in [-0.39, 0.29) is 18.5 Å². The van der Waals surface area contributed by atoms with Gasteiger partial charge in [0.15, 0.2) is 0 Å². The molecule has 0 aliphatic carbocycles. The van der Waals surface area contributed by atoms with Crippen molar-refractivity contribution in [2.24, 2.45) is 0 Å². The average molecular weight is 388 g/mol. The zero-order valence-electron chi connectivity index (χ0n) is 13.6. The largest absolute Gasteiger partial charge is 0.341 e. The first kappa shape index (κ1) is 19.5. The number of halogens is 2. The lowest BCUT2D eigenvalue weighted by molar-refractivity contribution is -0.117. The molecule has 0 aliphatic rings. The van der Waals surface area contributed by atoms with Crippen LogP contribution in [0.2, 0.25) is 0 Å². The van der Waals surface area contributed by atoms with E-state index in [2.05, 4.69) is 5.32 Å². The third-order valence-electron chi connectivity index (χ3n) is 3.71. The van der Waals surface area contributed by atoms with E-state index in [1.165, 1.54) is 12.1 Å². The lowest BCUT2D eigenvalue weighted by Crippen LogP contribution is -2.31. The van der Waals surface area contributed by atoms with Gasteiger partial charge in [-0.05, 0) is 49.7 Å². The number of hydrogen-bond acceptors (Lipinski definition) is 5. The fourth-order valence-electron chi connectivity index (χ4n) is 2.14.